The van der Waals surface area contributed by atoms with Crippen LogP contribution in [0, 0.1) is 17.0 Å². The third-order valence-electron chi connectivity index (χ3n) is 6.32. The van der Waals surface area contributed by atoms with Crippen LogP contribution in [0.4, 0.5) is 11.5 Å². The van der Waals surface area contributed by atoms with E-state index < -0.39 is 17.0 Å². The van der Waals surface area contributed by atoms with Gasteiger partial charge in [0.15, 0.2) is 0 Å². The minimum Gasteiger partial charge on any atom is -0.497 e. The van der Waals surface area contributed by atoms with Crippen LogP contribution in [-0.4, -0.2) is 53.3 Å². The molecule has 37 heavy (non-hydrogen) atoms. The van der Waals surface area contributed by atoms with Gasteiger partial charge in [-0.25, -0.2) is 14.8 Å². The van der Waals surface area contributed by atoms with Crippen LogP contribution in [0.5, 0.6) is 5.75 Å². The van der Waals surface area contributed by atoms with E-state index in [0.29, 0.717) is 25.3 Å². The highest BCUT2D eigenvalue weighted by Crippen LogP contribution is 2.30. The lowest BCUT2D eigenvalue weighted by Gasteiger charge is -2.22. The van der Waals surface area contributed by atoms with Gasteiger partial charge in [0.25, 0.3) is 5.69 Å². The standard InChI is InChI=1S/C27H30N4O6/c1-5-21-25(20-12-11-19(35-4)13-16(20)3)28-22(6-2)26(29-21)30-23-14-36-15-24(23)37-27(32)17-7-9-18(10-8-17)31(33)34/h7-13,23-24H,5-6,14-15H2,1-4H3,(H,29,30). The highest BCUT2D eigenvalue weighted by Gasteiger charge is 2.33. The lowest BCUT2D eigenvalue weighted by atomic mass is 10.0. The highest BCUT2D eigenvalue weighted by molar-refractivity contribution is 5.89. The second kappa shape index (κ2) is 11.3. The summed E-state index contributed by atoms with van der Waals surface area (Å²) in [6.07, 6.45) is 0.789. The average Bonchev–Trinajstić information content (AvgIpc) is 3.34. The normalized spacial score (nSPS) is 16.9. The van der Waals surface area contributed by atoms with Gasteiger partial charge in [0.05, 0.1) is 53.9 Å². The van der Waals surface area contributed by atoms with Crippen LogP contribution in [0.25, 0.3) is 11.3 Å². The maximum Gasteiger partial charge on any atom is 0.338 e. The van der Waals surface area contributed by atoms with E-state index in [0.717, 1.165) is 34.0 Å². The van der Waals surface area contributed by atoms with Crippen LogP contribution in [0.15, 0.2) is 42.5 Å². The second-order valence-corrected chi connectivity index (χ2v) is 8.74. The summed E-state index contributed by atoms with van der Waals surface area (Å²) >= 11 is 0. The SMILES string of the molecule is CCc1nc(-c2ccc(OC)cc2C)c(CC)nc1NC1COCC1OC(=O)c1ccc([N+](=O)[O-])cc1. The van der Waals surface area contributed by atoms with Gasteiger partial charge in [0.1, 0.15) is 17.7 Å². The van der Waals surface area contributed by atoms with Crippen LogP contribution in [0.2, 0.25) is 0 Å². The molecule has 1 N–H and O–H groups in total. The molecular formula is C27H30N4O6. The minimum atomic E-state index is -0.571. The molecule has 2 atom stereocenters. The molecule has 4 rings (SSSR count). The van der Waals surface area contributed by atoms with Crippen molar-refractivity contribution < 1.29 is 23.9 Å². The Bertz CT molecular complexity index is 1290. The zero-order chi connectivity index (χ0) is 26.5. The first kappa shape index (κ1) is 26.0. The fourth-order valence-corrected chi connectivity index (χ4v) is 4.24. The fourth-order valence-electron chi connectivity index (χ4n) is 4.24. The summed E-state index contributed by atoms with van der Waals surface area (Å²) in [5.74, 6) is 0.858. The second-order valence-electron chi connectivity index (χ2n) is 8.74. The lowest BCUT2D eigenvalue weighted by molar-refractivity contribution is -0.384. The molecule has 2 unspecified atom stereocenters. The zero-order valence-electron chi connectivity index (χ0n) is 21.3. The number of anilines is 1. The Morgan fingerprint density at radius 3 is 2.46 bits per heavy atom. The quantitative estimate of drug-likeness (QED) is 0.253. The number of nitrogens with zero attached hydrogens (tertiary/aromatic N) is 3. The number of ether oxygens (including phenoxy) is 3. The summed E-state index contributed by atoms with van der Waals surface area (Å²) in [5.41, 5.74) is 4.69. The van der Waals surface area contributed by atoms with Gasteiger partial charge in [-0.15, -0.1) is 0 Å². The molecule has 2 heterocycles. The lowest BCUT2D eigenvalue weighted by Crippen LogP contribution is -2.36. The Kier molecular flexibility index (Phi) is 7.98. The number of carbonyl (C=O) groups excluding carboxylic acids is 1. The van der Waals surface area contributed by atoms with Crippen LogP contribution >= 0.6 is 0 Å². The summed E-state index contributed by atoms with van der Waals surface area (Å²) in [6, 6.07) is 10.9. The smallest absolute Gasteiger partial charge is 0.338 e. The van der Waals surface area contributed by atoms with Gasteiger partial charge >= 0.3 is 5.97 Å². The Labute approximate surface area is 215 Å². The Balaban J connectivity index is 1.55. The van der Waals surface area contributed by atoms with E-state index in [-0.39, 0.29) is 23.9 Å². The number of nitrogens with one attached hydrogen (secondary N) is 1. The number of benzene rings is 2. The van der Waals surface area contributed by atoms with Crippen molar-refractivity contribution in [3.63, 3.8) is 0 Å². The van der Waals surface area contributed by atoms with Crippen molar-refractivity contribution in [1.82, 2.24) is 9.97 Å². The number of hydrogen-bond acceptors (Lipinski definition) is 9. The van der Waals surface area contributed by atoms with Crippen molar-refractivity contribution in [1.29, 1.82) is 0 Å². The molecule has 10 heteroatoms. The highest BCUT2D eigenvalue weighted by atomic mass is 16.6. The summed E-state index contributed by atoms with van der Waals surface area (Å²) in [6.45, 7) is 6.65. The number of hydrogen-bond donors (Lipinski definition) is 1. The number of carbonyl (C=O) groups is 1. The number of esters is 1. The van der Waals surface area contributed by atoms with Crippen molar-refractivity contribution in [2.45, 2.75) is 45.8 Å². The topological polar surface area (TPSA) is 126 Å². The average molecular weight is 507 g/mol. The summed E-state index contributed by atoms with van der Waals surface area (Å²) in [5, 5.41) is 14.3. The number of nitro groups is 1. The molecule has 0 bridgehead atoms. The molecule has 1 aliphatic heterocycles. The van der Waals surface area contributed by atoms with Crippen LogP contribution in [0.1, 0.15) is 41.2 Å². The Hall–Kier alpha value is -4.05. The molecule has 1 saturated heterocycles. The van der Waals surface area contributed by atoms with Gasteiger partial charge in [-0.2, -0.15) is 0 Å². The third-order valence-corrected chi connectivity index (χ3v) is 6.32. The molecule has 0 amide bonds. The zero-order valence-corrected chi connectivity index (χ0v) is 21.3. The van der Waals surface area contributed by atoms with E-state index in [1.807, 2.05) is 39.0 Å². The van der Waals surface area contributed by atoms with Gasteiger partial charge in [0.2, 0.25) is 0 Å². The first-order valence-corrected chi connectivity index (χ1v) is 12.2. The van der Waals surface area contributed by atoms with Crippen molar-refractivity contribution in [2.24, 2.45) is 0 Å². The van der Waals surface area contributed by atoms with Crippen molar-refractivity contribution in [3.05, 3.63) is 75.1 Å². The number of nitro benzene ring substituents is 1. The van der Waals surface area contributed by atoms with Gasteiger partial charge in [-0.05, 0) is 55.7 Å². The predicted octanol–water partition coefficient (Wildman–Crippen LogP) is 4.53. The van der Waals surface area contributed by atoms with E-state index >= 15 is 0 Å². The van der Waals surface area contributed by atoms with E-state index in [2.05, 4.69) is 5.32 Å². The summed E-state index contributed by atoms with van der Waals surface area (Å²) < 4.78 is 16.6. The predicted molar refractivity (Wildman–Crippen MR) is 138 cm³/mol. The van der Waals surface area contributed by atoms with Gasteiger partial charge in [0, 0.05) is 17.7 Å². The molecule has 1 aromatic heterocycles. The molecule has 2 aromatic carbocycles. The Morgan fingerprint density at radius 2 is 1.84 bits per heavy atom. The fraction of sp³-hybridized carbons (Fsp3) is 0.370. The van der Waals surface area contributed by atoms with Crippen molar-refractivity contribution in [3.8, 4) is 17.0 Å². The maximum absolute atomic E-state index is 12.7. The van der Waals surface area contributed by atoms with Crippen LogP contribution in [-0.2, 0) is 22.3 Å². The van der Waals surface area contributed by atoms with Gasteiger partial charge < -0.3 is 19.5 Å². The molecular weight excluding hydrogens is 476 g/mol. The molecule has 194 valence electrons. The van der Waals surface area contributed by atoms with E-state index in [1.54, 1.807) is 7.11 Å². The number of methoxy groups -OCH3 is 1. The summed E-state index contributed by atoms with van der Waals surface area (Å²) in [4.78, 5) is 32.9. The van der Waals surface area contributed by atoms with Crippen LogP contribution < -0.4 is 10.1 Å². The first-order valence-electron chi connectivity index (χ1n) is 12.2. The molecule has 0 aliphatic carbocycles. The molecule has 0 radical (unpaired) electrons. The molecule has 10 nitrogen and oxygen atoms in total. The maximum atomic E-state index is 12.7. The first-order chi connectivity index (χ1) is 17.8. The van der Waals surface area contributed by atoms with E-state index in [1.165, 1.54) is 24.3 Å². The number of aryl methyl sites for hydroxylation is 3. The largest absolute Gasteiger partial charge is 0.497 e. The van der Waals surface area contributed by atoms with E-state index in [4.69, 9.17) is 24.2 Å². The molecule has 3 aromatic rings. The number of rotatable bonds is 9. The van der Waals surface area contributed by atoms with E-state index in [9.17, 15) is 14.9 Å². The number of aromatic nitrogens is 2. The molecule has 1 fully saturated rings. The number of non-ortho nitro benzene ring substituents is 1. The van der Waals surface area contributed by atoms with Crippen LogP contribution in [0.3, 0.4) is 0 Å². The molecule has 1 aliphatic rings. The summed E-state index contributed by atoms with van der Waals surface area (Å²) in [7, 11) is 1.64. The third kappa shape index (κ3) is 5.69. The Morgan fingerprint density at radius 1 is 1.11 bits per heavy atom. The van der Waals surface area contributed by atoms with Gasteiger partial charge in [-0.1, -0.05) is 13.8 Å². The molecule has 0 spiro atoms. The van der Waals surface area contributed by atoms with Gasteiger partial charge in [-0.3, -0.25) is 10.1 Å². The van der Waals surface area contributed by atoms with Crippen molar-refractivity contribution >= 4 is 17.5 Å². The van der Waals surface area contributed by atoms with Crippen molar-refractivity contribution in [2.75, 3.05) is 25.6 Å². The minimum absolute atomic E-state index is 0.0917. The molecule has 0 saturated carbocycles. The monoisotopic (exact) mass is 506 g/mol.